The van der Waals surface area contributed by atoms with E-state index < -0.39 is 21.7 Å². The van der Waals surface area contributed by atoms with Crippen LogP contribution in [-0.2, 0) is 14.8 Å². The number of hydrogen-bond donors (Lipinski definition) is 1. The maximum Gasteiger partial charge on any atom is 0.243 e. The average Bonchev–Trinajstić information content (AvgIpc) is 2.39. The van der Waals surface area contributed by atoms with E-state index in [4.69, 9.17) is 16.3 Å². The van der Waals surface area contributed by atoms with Crippen LogP contribution in [0.2, 0.25) is 5.02 Å². The van der Waals surface area contributed by atoms with Crippen molar-refractivity contribution in [1.29, 1.82) is 0 Å². The highest BCUT2D eigenvalue weighted by atomic mass is 35.5. The van der Waals surface area contributed by atoms with Gasteiger partial charge in [0.05, 0.1) is 23.2 Å². The molecule has 1 saturated heterocycles. The van der Waals surface area contributed by atoms with E-state index in [0.29, 0.717) is 10.6 Å². The number of aliphatic hydroxyl groups is 1. The number of hydrogen-bond acceptors (Lipinski definition) is 4. The smallest absolute Gasteiger partial charge is 0.243 e. The first kappa shape index (κ1) is 16.7. The van der Waals surface area contributed by atoms with E-state index in [1.54, 1.807) is 19.1 Å². The van der Waals surface area contributed by atoms with Gasteiger partial charge in [0.25, 0.3) is 0 Å². The monoisotopic (exact) mass is 333 g/mol. The van der Waals surface area contributed by atoms with E-state index in [9.17, 15) is 13.5 Å². The molecule has 0 aromatic heterocycles. The molecule has 0 spiro atoms. The standard InChI is InChI=1S/C14H20ClNO4S/c1-10-4-5-11(15)6-13(10)21(18,19)16-7-12(8-17)20-14(2,3)9-16/h4-6,12,17H,7-9H2,1-3H3. The minimum atomic E-state index is -3.67. The summed E-state index contributed by atoms with van der Waals surface area (Å²) in [7, 11) is -3.67. The van der Waals surface area contributed by atoms with Crippen molar-refractivity contribution in [3.8, 4) is 0 Å². The fourth-order valence-electron chi connectivity index (χ4n) is 2.51. The van der Waals surface area contributed by atoms with Crippen LogP contribution in [0, 0.1) is 6.92 Å². The highest BCUT2D eigenvalue weighted by Crippen LogP contribution is 2.29. The third-order valence-electron chi connectivity index (χ3n) is 3.42. The number of nitrogens with zero attached hydrogens (tertiary/aromatic N) is 1. The molecule has 21 heavy (non-hydrogen) atoms. The van der Waals surface area contributed by atoms with Crippen LogP contribution in [0.5, 0.6) is 0 Å². The number of halogens is 1. The zero-order chi connectivity index (χ0) is 15.8. The van der Waals surface area contributed by atoms with Crippen LogP contribution < -0.4 is 0 Å². The Morgan fingerprint density at radius 1 is 1.48 bits per heavy atom. The molecule has 1 heterocycles. The van der Waals surface area contributed by atoms with Gasteiger partial charge in [-0.3, -0.25) is 0 Å². The lowest BCUT2D eigenvalue weighted by atomic mass is 10.1. The molecule has 0 aliphatic carbocycles. The van der Waals surface area contributed by atoms with Crippen LogP contribution in [-0.4, -0.2) is 49.2 Å². The number of aliphatic hydroxyl groups excluding tert-OH is 1. The van der Waals surface area contributed by atoms with Gasteiger partial charge in [-0.1, -0.05) is 17.7 Å². The van der Waals surface area contributed by atoms with Gasteiger partial charge in [0.15, 0.2) is 0 Å². The molecule has 1 unspecified atom stereocenters. The summed E-state index contributed by atoms with van der Waals surface area (Å²) in [6.45, 7) is 5.50. The van der Waals surface area contributed by atoms with Crippen LogP contribution in [0.15, 0.2) is 23.1 Å². The topological polar surface area (TPSA) is 66.8 Å². The van der Waals surface area contributed by atoms with Crippen molar-refractivity contribution in [2.75, 3.05) is 19.7 Å². The Kier molecular flexibility index (Phi) is 4.66. The Bertz CT molecular complexity index is 630. The van der Waals surface area contributed by atoms with Gasteiger partial charge in [0.2, 0.25) is 10.0 Å². The van der Waals surface area contributed by atoms with Gasteiger partial charge < -0.3 is 9.84 Å². The predicted molar refractivity (Wildman–Crippen MR) is 81.0 cm³/mol. The summed E-state index contributed by atoms with van der Waals surface area (Å²) in [5.41, 5.74) is -0.00480. The predicted octanol–water partition coefficient (Wildman–Crippen LogP) is 1.81. The molecule has 0 amide bonds. The molecule has 1 aliphatic rings. The van der Waals surface area contributed by atoms with Gasteiger partial charge in [-0.25, -0.2) is 8.42 Å². The van der Waals surface area contributed by atoms with Crippen molar-refractivity contribution in [3.63, 3.8) is 0 Å². The second-order valence-electron chi connectivity index (χ2n) is 5.89. The van der Waals surface area contributed by atoms with Gasteiger partial charge in [-0.2, -0.15) is 4.31 Å². The lowest BCUT2D eigenvalue weighted by Crippen LogP contribution is -2.55. The van der Waals surface area contributed by atoms with Gasteiger partial charge in [-0.15, -0.1) is 0 Å². The quantitative estimate of drug-likeness (QED) is 0.916. The molecular formula is C14H20ClNO4S. The Labute approximate surface area is 130 Å². The zero-order valence-electron chi connectivity index (χ0n) is 12.3. The normalized spacial score (nSPS) is 23.2. The summed E-state index contributed by atoms with van der Waals surface area (Å²) in [4.78, 5) is 0.199. The molecule has 2 rings (SSSR count). The first-order valence-corrected chi connectivity index (χ1v) is 8.52. The minimum absolute atomic E-state index is 0.133. The molecular weight excluding hydrogens is 314 g/mol. The second kappa shape index (κ2) is 5.85. The first-order valence-electron chi connectivity index (χ1n) is 6.71. The molecule has 0 saturated carbocycles. The molecule has 1 atom stereocenters. The Balaban J connectivity index is 2.41. The highest BCUT2D eigenvalue weighted by molar-refractivity contribution is 7.89. The molecule has 1 fully saturated rings. The number of rotatable bonds is 3. The van der Waals surface area contributed by atoms with Gasteiger partial charge in [0.1, 0.15) is 0 Å². The van der Waals surface area contributed by atoms with E-state index >= 15 is 0 Å². The number of ether oxygens (including phenoxy) is 1. The molecule has 1 N–H and O–H groups in total. The summed E-state index contributed by atoms with van der Waals surface area (Å²) in [6.07, 6.45) is -0.525. The number of morpholine rings is 1. The van der Waals surface area contributed by atoms with Crippen LogP contribution in [0.3, 0.4) is 0 Å². The lowest BCUT2D eigenvalue weighted by molar-refractivity contribution is -0.131. The molecule has 118 valence electrons. The molecule has 1 aliphatic heterocycles. The number of aryl methyl sites for hydroxylation is 1. The Morgan fingerprint density at radius 2 is 2.14 bits per heavy atom. The van der Waals surface area contributed by atoms with E-state index in [2.05, 4.69) is 0 Å². The van der Waals surface area contributed by atoms with Gasteiger partial charge in [-0.05, 0) is 38.5 Å². The summed E-state index contributed by atoms with van der Waals surface area (Å²) >= 11 is 5.93. The third-order valence-corrected chi connectivity index (χ3v) is 5.61. The second-order valence-corrected chi connectivity index (χ2v) is 8.23. The zero-order valence-corrected chi connectivity index (χ0v) is 13.9. The third kappa shape index (κ3) is 3.57. The Morgan fingerprint density at radius 3 is 2.76 bits per heavy atom. The van der Waals surface area contributed by atoms with Crippen LogP contribution in [0.25, 0.3) is 0 Å². The molecule has 7 heteroatoms. The van der Waals surface area contributed by atoms with Gasteiger partial charge in [0, 0.05) is 18.1 Å². The maximum atomic E-state index is 12.8. The van der Waals surface area contributed by atoms with E-state index in [1.807, 2.05) is 13.8 Å². The fourth-order valence-corrected chi connectivity index (χ4v) is 4.62. The molecule has 0 radical (unpaired) electrons. The van der Waals surface area contributed by atoms with E-state index in [1.165, 1.54) is 10.4 Å². The highest BCUT2D eigenvalue weighted by Gasteiger charge is 2.39. The van der Waals surface area contributed by atoms with Crippen molar-refractivity contribution < 1.29 is 18.3 Å². The van der Waals surface area contributed by atoms with Gasteiger partial charge >= 0.3 is 0 Å². The maximum absolute atomic E-state index is 12.8. The molecule has 5 nitrogen and oxygen atoms in total. The molecule has 1 aromatic rings. The summed E-state index contributed by atoms with van der Waals surface area (Å²) in [5.74, 6) is 0. The van der Waals surface area contributed by atoms with Crippen molar-refractivity contribution in [2.45, 2.75) is 37.4 Å². The lowest BCUT2D eigenvalue weighted by Gasteiger charge is -2.41. The first-order chi connectivity index (χ1) is 9.65. The van der Waals surface area contributed by atoms with E-state index in [-0.39, 0.29) is 24.6 Å². The molecule has 1 aromatic carbocycles. The van der Waals surface area contributed by atoms with Crippen LogP contribution >= 0.6 is 11.6 Å². The summed E-state index contributed by atoms with van der Waals surface area (Å²) in [6, 6.07) is 4.81. The SMILES string of the molecule is Cc1ccc(Cl)cc1S(=O)(=O)N1CC(CO)OC(C)(C)C1. The minimum Gasteiger partial charge on any atom is -0.394 e. The number of benzene rings is 1. The van der Waals surface area contributed by atoms with Crippen LogP contribution in [0.4, 0.5) is 0 Å². The largest absolute Gasteiger partial charge is 0.394 e. The fraction of sp³-hybridized carbons (Fsp3) is 0.571. The Hall–Kier alpha value is -0.660. The summed E-state index contributed by atoms with van der Waals surface area (Å²) in [5, 5.41) is 9.69. The van der Waals surface area contributed by atoms with Crippen molar-refractivity contribution in [1.82, 2.24) is 4.31 Å². The van der Waals surface area contributed by atoms with Crippen molar-refractivity contribution in [2.24, 2.45) is 0 Å². The van der Waals surface area contributed by atoms with Crippen LogP contribution in [0.1, 0.15) is 19.4 Å². The van der Waals surface area contributed by atoms with Crippen molar-refractivity contribution in [3.05, 3.63) is 28.8 Å². The average molecular weight is 334 g/mol. The van der Waals surface area contributed by atoms with E-state index in [0.717, 1.165) is 0 Å². The summed E-state index contributed by atoms with van der Waals surface area (Å²) < 4.78 is 32.7. The number of sulfonamides is 1. The van der Waals surface area contributed by atoms with Crippen molar-refractivity contribution >= 4 is 21.6 Å². The molecule has 0 bridgehead atoms.